The molecule has 42 heavy (non-hydrogen) atoms. The van der Waals surface area contributed by atoms with Gasteiger partial charge in [-0.3, -0.25) is 0 Å². The zero-order valence-corrected chi connectivity index (χ0v) is 27.3. The normalized spacial score (nSPS) is 29.5. The standard InChI is InChI=1S/C37H64O5/c1-3-4-5-6-7-13-16-19-22-31-33(40-31)24-26-35-36(42-35)27-25-34-32(41-34)23-20-17-14-11-9-8-10-12-15-18-21-30-28-29(2)39-37(30)38/h28-29,31-36H,3-27H2,1-2H3/t29-,31-,32+,33+,34-,35-,36+/m1/s1. The van der Waals surface area contributed by atoms with Crippen LogP contribution in [0.1, 0.15) is 174 Å². The van der Waals surface area contributed by atoms with Crippen molar-refractivity contribution in [2.45, 2.75) is 217 Å². The van der Waals surface area contributed by atoms with E-state index in [4.69, 9.17) is 18.9 Å². The first kappa shape index (κ1) is 34.0. The summed E-state index contributed by atoms with van der Waals surface area (Å²) in [6.07, 6.45) is 37.5. The first-order valence-electron chi connectivity index (χ1n) is 18.5. The molecule has 0 radical (unpaired) electrons. The predicted octanol–water partition coefficient (Wildman–Crippen LogP) is 9.93. The molecule has 7 atom stereocenters. The van der Waals surface area contributed by atoms with Crippen LogP contribution in [-0.4, -0.2) is 48.7 Å². The molecule has 3 fully saturated rings. The lowest BCUT2D eigenvalue weighted by atomic mass is 10.0. The van der Waals surface area contributed by atoms with E-state index in [-0.39, 0.29) is 12.1 Å². The Kier molecular flexibility index (Phi) is 15.7. The molecule has 4 heterocycles. The number of hydrogen-bond donors (Lipinski definition) is 0. The van der Waals surface area contributed by atoms with Gasteiger partial charge in [0, 0.05) is 5.57 Å². The highest BCUT2D eigenvalue weighted by Gasteiger charge is 2.45. The molecule has 0 aromatic rings. The summed E-state index contributed by atoms with van der Waals surface area (Å²) >= 11 is 0. The molecule has 0 spiro atoms. The number of unbranched alkanes of at least 4 members (excludes halogenated alkanes) is 16. The largest absolute Gasteiger partial charge is 0.455 e. The van der Waals surface area contributed by atoms with Crippen LogP contribution in [-0.2, 0) is 23.7 Å². The molecule has 0 aliphatic carbocycles. The van der Waals surface area contributed by atoms with Crippen LogP contribution in [0.3, 0.4) is 0 Å². The first-order valence-corrected chi connectivity index (χ1v) is 18.5. The average molecular weight is 589 g/mol. The monoisotopic (exact) mass is 588 g/mol. The van der Waals surface area contributed by atoms with Crippen LogP contribution in [0, 0.1) is 0 Å². The van der Waals surface area contributed by atoms with Crippen molar-refractivity contribution in [3.63, 3.8) is 0 Å². The summed E-state index contributed by atoms with van der Waals surface area (Å²) < 4.78 is 23.0. The van der Waals surface area contributed by atoms with Gasteiger partial charge in [-0.2, -0.15) is 0 Å². The Morgan fingerprint density at radius 1 is 0.500 bits per heavy atom. The molecule has 5 nitrogen and oxygen atoms in total. The molecule has 4 aliphatic rings. The molecule has 0 saturated carbocycles. The Morgan fingerprint density at radius 3 is 1.24 bits per heavy atom. The zero-order valence-electron chi connectivity index (χ0n) is 27.3. The summed E-state index contributed by atoms with van der Waals surface area (Å²) in [7, 11) is 0. The fourth-order valence-electron chi connectivity index (χ4n) is 7.09. The number of ether oxygens (including phenoxy) is 4. The van der Waals surface area contributed by atoms with Crippen LogP contribution in [0.2, 0.25) is 0 Å². The van der Waals surface area contributed by atoms with Crippen LogP contribution < -0.4 is 0 Å². The summed E-state index contributed by atoms with van der Waals surface area (Å²) in [5.41, 5.74) is 0.892. The SMILES string of the molecule is CCCCCCCCCC[C@H]1O[C@H]1CC[C@H]1O[C@H]1CC[C@H]1O[C@H]1CCCCCCCCCCCCC1=C[C@@H](C)OC1=O. The molecule has 5 heteroatoms. The number of carbonyl (C=O) groups excluding carboxylic acids is 1. The maximum atomic E-state index is 11.6. The molecule has 0 aromatic carbocycles. The van der Waals surface area contributed by atoms with E-state index in [9.17, 15) is 4.79 Å². The van der Waals surface area contributed by atoms with Gasteiger partial charge in [0.15, 0.2) is 0 Å². The van der Waals surface area contributed by atoms with Gasteiger partial charge in [-0.05, 0) is 64.4 Å². The molecule has 3 saturated heterocycles. The Hall–Kier alpha value is -0.910. The number of hydrogen-bond acceptors (Lipinski definition) is 5. The maximum Gasteiger partial charge on any atom is 0.334 e. The van der Waals surface area contributed by atoms with Crippen molar-refractivity contribution in [2.75, 3.05) is 0 Å². The van der Waals surface area contributed by atoms with Gasteiger partial charge in [0.25, 0.3) is 0 Å². The Morgan fingerprint density at radius 2 is 0.857 bits per heavy atom. The molecule has 0 unspecified atom stereocenters. The summed E-state index contributed by atoms with van der Waals surface area (Å²) in [6.45, 7) is 4.22. The van der Waals surface area contributed by atoms with Crippen LogP contribution >= 0.6 is 0 Å². The van der Waals surface area contributed by atoms with Crippen LogP contribution in [0.25, 0.3) is 0 Å². The van der Waals surface area contributed by atoms with Crippen LogP contribution in [0.5, 0.6) is 0 Å². The average Bonchev–Trinajstić information content (AvgIpc) is 3.90. The van der Waals surface area contributed by atoms with E-state index in [0.29, 0.717) is 36.6 Å². The van der Waals surface area contributed by atoms with Gasteiger partial charge in [-0.25, -0.2) is 4.79 Å². The molecule has 0 aromatic heterocycles. The number of cyclic esters (lactones) is 1. The predicted molar refractivity (Wildman–Crippen MR) is 171 cm³/mol. The molecule has 0 N–H and O–H groups in total. The van der Waals surface area contributed by atoms with Crippen LogP contribution in [0.4, 0.5) is 0 Å². The van der Waals surface area contributed by atoms with E-state index < -0.39 is 0 Å². The zero-order chi connectivity index (χ0) is 29.4. The smallest absolute Gasteiger partial charge is 0.334 e. The quantitative estimate of drug-likeness (QED) is 0.0517. The summed E-state index contributed by atoms with van der Waals surface area (Å²) in [5.74, 6) is -0.0973. The minimum absolute atomic E-state index is 0.0262. The van der Waals surface area contributed by atoms with Gasteiger partial charge in [0.2, 0.25) is 0 Å². The topological polar surface area (TPSA) is 63.9 Å². The van der Waals surface area contributed by atoms with E-state index >= 15 is 0 Å². The van der Waals surface area contributed by atoms with Crippen molar-refractivity contribution in [1.29, 1.82) is 0 Å². The number of rotatable bonds is 28. The lowest BCUT2D eigenvalue weighted by Gasteiger charge is -2.03. The molecule has 0 amide bonds. The van der Waals surface area contributed by atoms with Crippen molar-refractivity contribution in [1.82, 2.24) is 0 Å². The number of carbonyl (C=O) groups is 1. The molecule has 242 valence electrons. The lowest BCUT2D eigenvalue weighted by molar-refractivity contribution is -0.139. The van der Waals surface area contributed by atoms with Crippen molar-refractivity contribution < 1.29 is 23.7 Å². The highest BCUT2D eigenvalue weighted by molar-refractivity contribution is 5.90. The summed E-state index contributed by atoms with van der Waals surface area (Å²) in [4.78, 5) is 11.6. The van der Waals surface area contributed by atoms with Gasteiger partial charge >= 0.3 is 5.97 Å². The minimum Gasteiger partial charge on any atom is -0.455 e. The fourth-order valence-corrected chi connectivity index (χ4v) is 7.09. The van der Waals surface area contributed by atoms with Gasteiger partial charge < -0.3 is 18.9 Å². The lowest BCUT2D eigenvalue weighted by Crippen LogP contribution is -2.03. The van der Waals surface area contributed by atoms with E-state index in [2.05, 4.69) is 6.92 Å². The van der Waals surface area contributed by atoms with E-state index in [1.165, 1.54) is 148 Å². The molecule has 4 aliphatic heterocycles. The van der Waals surface area contributed by atoms with E-state index in [1.54, 1.807) is 0 Å². The second-order valence-electron chi connectivity index (χ2n) is 13.9. The van der Waals surface area contributed by atoms with Crippen molar-refractivity contribution in [2.24, 2.45) is 0 Å². The van der Waals surface area contributed by atoms with Crippen molar-refractivity contribution in [3.05, 3.63) is 11.6 Å². The van der Waals surface area contributed by atoms with Gasteiger partial charge in [-0.1, -0.05) is 116 Å². The first-order chi connectivity index (χ1) is 20.6. The summed E-state index contributed by atoms with van der Waals surface area (Å²) in [5, 5.41) is 0. The Balaban J connectivity index is 0.840. The van der Waals surface area contributed by atoms with Gasteiger partial charge in [-0.15, -0.1) is 0 Å². The third-order valence-electron chi connectivity index (χ3n) is 10.1. The Labute approximate surface area is 258 Å². The maximum absolute atomic E-state index is 11.6. The molecular formula is C37H64O5. The third-order valence-corrected chi connectivity index (χ3v) is 10.1. The summed E-state index contributed by atoms with van der Waals surface area (Å²) in [6, 6.07) is 0. The number of epoxide rings is 3. The second kappa shape index (κ2) is 19.5. The second-order valence-corrected chi connectivity index (χ2v) is 13.9. The molecular weight excluding hydrogens is 524 g/mol. The highest BCUT2D eigenvalue weighted by Crippen LogP contribution is 2.39. The molecule has 4 rings (SSSR count). The Bertz CT molecular complexity index is 780. The minimum atomic E-state index is -0.0973. The van der Waals surface area contributed by atoms with Gasteiger partial charge in [0.1, 0.15) is 6.10 Å². The third kappa shape index (κ3) is 13.8. The van der Waals surface area contributed by atoms with Gasteiger partial charge in [0.05, 0.1) is 36.6 Å². The van der Waals surface area contributed by atoms with E-state index in [0.717, 1.165) is 18.4 Å². The van der Waals surface area contributed by atoms with Crippen molar-refractivity contribution in [3.8, 4) is 0 Å². The van der Waals surface area contributed by atoms with Crippen LogP contribution in [0.15, 0.2) is 11.6 Å². The molecule has 0 bridgehead atoms. The fraction of sp³-hybridized carbons (Fsp3) is 0.919. The number of esters is 1. The highest BCUT2D eigenvalue weighted by atomic mass is 16.6. The van der Waals surface area contributed by atoms with E-state index in [1.807, 2.05) is 13.0 Å². The van der Waals surface area contributed by atoms with Crippen molar-refractivity contribution >= 4 is 5.97 Å².